The highest BCUT2D eigenvalue weighted by Gasteiger charge is 2.21. The molecule has 58 valence electrons. The number of hydrogen-bond acceptors (Lipinski definition) is 3. The summed E-state index contributed by atoms with van der Waals surface area (Å²) in [6, 6.07) is 3.63. The van der Waals surface area contributed by atoms with Crippen molar-refractivity contribution in [2.75, 3.05) is 5.32 Å². The van der Waals surface area contributed by atoms with Gasteiger partial charge < -0.3 is 5.32 Å². The van der Waals surface area contributed by atoms with Gasteiger partial charge >= 0.3 is 0 Å². The van der Waals surface area contributed by atoms with E-state index in [0.29, 0.717) is 16.9 Å². The summed E-state index contributed by atoms with van der Waals surface area (Å²) in [7, 11) is 0. The number of rotatable bonds is 0. The second-order valence-electron chi connectivity index (χ2n) is 2.52. The van der Waals surface area contributed by atoms with Crippen LogP contribution in [0.15, 0.2) is 12.3 Å². The van der Waals surface area contributed by atoms with Crippen molar-refractivity contribution in [2.45, 2.75) is 6.42 Å². The zero-order chi connectivity index (χ0) is 8.55. The third kappa shape index (κ3) is 0.839. The fraction of sp³-hybridized carbons (Fsp3) is 0.125. The average Bonchev–Trinajstić information content (AvgIpc) is 2.44. The Morgan fingerprint density at radius 2 is 2.50 bits per heavy atom. The Balaban J connectivity index is 2.60. The van der Waals surface area contributed by atoms with Gasteiger partial charge in [-0.1, -0.05) is 0 Å². The van der Waals surface area contributed by atoms with Crippen molar-refractivity contribution in [1.29, 1.82) is 5.26 Å². The van der Waals surface area contributed by atoms with Crippen LogP contribution < -0.4 is 5.32 Å². The summed E-state index contributed by atoms with van der Waals surface area (Å²) in [5, 5.41) is 11.2. The second-order valence-corrected chi connectivity index (χ2v) is 2.52. The van der Waals surface area contributed by atoms with Crippen molar-refractivity contribution in [3.63, 3.8) is 0 Å². The van der Waals surface area contributed by atoms with Gasteiger partial charge in [0.1, 0.15) is 5.82 Å². The van der Waals surface area contributed by atoms with Crippen molar-refractivity contribution >= 4 is 11.7 Å². The summed E-state index contributed by atoms with van der Waals surface area (Å²) in [6.07, 6.45) is 1.79. The van der Waals surface area contributed by atoms with Crippen LogP contribution in [0.5, 0.6) is 0 Å². The summed E-state index contributed by atoms with van der Waals surface area (Å²) in [5.74, 6) is 0.430. The Morgan fingerprint density at radius 1 is 1.67 bits per heavy atom. The summed E-state index contributed by atoms with van der Waals surface area (Å²) in [6.45, 7) is 0. The molecular weight excluding hydrogens is 154 g/mol. The summed E-state index contributed by atoms with van der Waals surface area (Å²) >= 11 is 0. The first-order valence-electron chi connectivity index (χ1n) is 3.49. The minimum Gasteiger partial charge on any atom is -0.310 e. The van der Waals surface area contributed by atoms with E-state index in [1.54, 1.807) is 6.07 Å². The number of amides is 1. The molecule has 1 aliphatic rings. The van der Waals surface area contributed by atoms with E-state index in [1.165, 1.54) is 6.20 Å². The topological polar surface area (TPSA) is 65.8 Å². The number of pyridine rings is 1. The molecule has 1 N–H and O–H groups in total. The lowest BCUT2D eigenvalue weighted by Crippen LogP contribution is -2.04. The molecule has 0 radical (unpaired) electrons. The van der Waals surface area contributed by atoms with E-state index in [2.05, 4.69) is 10.3 Å². The Bertz CT molecular complexity index is 392. The van der Waals surface area contributed by atoms with Crippen molar-refractivity contribution in [2.24, 2.45) is 0 Å². The van der Waals surface area contributed by atoms with Crippen LogP contribution in [-0.2, 0) is 11.2 Å². The molecule has 2 heterocycles. The minimum absolute atomic E-state index is 0.0970. The van der Waals surface area contributed by atoms with Crippen LogP contribution in [0.25, 0.3) is 0 Å². The largest absolute Gasteiger partial charge is 0.310 e. The lowest BCUT2D eigenvalue weighted by molar-refractivity contribution is -0.115. The normalized spacial score (nSPS) is 13.4. The molecule has 0 aromatic carbocycles. The molecule has 2 rings (SSSR count). The third-order valence-corrected chi connectivity index (χ3v) is 1.77. The zero-order valence-electron chi connectivity index (χ0n) is 6.16. The first kappa shape index (κ1) is 6.80. The van der Waals surface area contributed by atoms with E-state index in [-0.39, 0.29) is 12.3 Å². The van der Waals surface area contributed by atoms with Gasteiger partial charge in [0.05, 0.1) is 18.1 Å². The first-order chi connectivity index (χ1) is 5.81. The average molecular weight is 159 g/mol. The first-order valence-corrected chi connectivity index (χ1v) is 3.49. The van der Waals surface area contributed by atoms with Crippen LogP contribution in [0.2, 0.25) is 0 Å². The molecule has 0 bridgehead atoms. The number of nitrogens with zero attached hydrogens (tertiary/aromatic N) is 2. The number of hydrogen-bond donors (Lipinski definition) is 1. The highest BCUT2D eigenvalue weighted by atomic mass is 16.1. The fourth-order valence-electron chi connectivity index (χ4n) is 1.22. The molecule has 0 saturated heterocycles. The molecule has 0 atom stereocenters. The smallest absolute Gasteiger partial charge is 0.230 e. The van der Waals surface area contributed by atoms with E-state index in [1.807, 2.05) is 6.07 Å². The predicted octanol–water partition coefficient (Wildman–Crippen LogP) is 0.448. The SMILES string of the molecule is N#Cc1ccnc2c1CC(=O)N2. The number of nitriles is 1. The van der Waals surface area contributed by atoms with Crippen molar-refractivity contribution < 1.29 is 4.79 Å². The monoisotopic (exact) mass is 159 g/mol. The number of carbonyl (C=O) groups is 1. The standard InChI is InChI=1S/C8H5N3O/c9-4-5-1-2-10-8-6(5)3-7(12)11-8/h1-2H,3H2,(H,10,11,12). The Labute approximate surface area is 68.8 Å². The predicted molar refractivity (Wildman–Crippen MR) is 41.3 cm³/mol. The number of nitrogens with one attached hydrogen (secondary N) is 1. The Hall–Kier alpha value is -1.89. The number of carbonyl (C=O) groups excluding carboxylic acids is 1. The lowest BCUT2D eigenvalue weighted by Gasteiger charge is -1.96. The van der Waals surface area contributed by atoms with Gasteiger partial charge in [0, 0.05) is 11.8 Å². The van der Waals surface area contributed by atoms with Crippen LogP contribution in [0.1, 0.15) is 11.1 Å². The molecular formula is C8H5N3O. The maximum Gasteiger partial charge on any atom is 0.230 e. The molecule has 0 aliphatic carbocycles. The van der Waals surface area contributed by atoms with Gasteiger partial charge in [-0.25, -0.2) is 4.98 Å². The number of anilines is 1. The fourth-order valence-corrected chi connectivity index (χ4v) is 1.22. The minimum atomic E-state index is -0.0970. The van der Waals surface area contributed by atoms with Crippen LogP contribution >= 0.6 is 0 Å². The van der Waals surface area contributed by atoms with Gasteiger partial charge in [-0.05, 0) is 6.07 Å². The van der Waals surface area contributed by atoms with E-state index >= 15 is 0 Å². The second kappa shape index (κ2) is 2.31. The van der Waals surface area contributed by atoms with Gasteiger partial charge in [0.15, 0.2) is 0 Å². The van der Waals surface area contributed by atoms with E-state index in [4.69, 9.17) is 5.26 Å². The molecule has 1 aliphatic heterocycles. The van der Waals surface area contributed by atoms with Crippen molar-refractivity contribution in [3.8, 4) is 6.07 Å². The van der Waals surface area contributed by atoms with E-state index in [9.17, 15) is 4.79 Å². The molecule has 0 spiro atoms. The molecule has 1 aromatic heterocycles. The van der Waals surface area contributed by atoms with E-state index in [0.717, 1.165) is 0 Å². The molecule has 0 fully saturated rings. The highest BCUT2D eigenvalue weighted by molar-refractivity contribution is 5.98. The van der Waals surface area contributed by atoms with Crippen molar-refractivity contribution in [1.82, 2.24) is 4.98 Å². The van der Waals surface area contributed by atoms with Crippen LogP contribution in [0.3, 0.4) is 0 Å². The van der Waals surface area contributed by atoms with Gasteiger partial charge in [-0.15, -0.1) is 0 Å². The van der Waals surface area contributed by atoms with Gasteiger partial charge in [0.25, 0.3) is 0 Å². The summed E-state index contributed by atoms with van der Waals surface area (Å²) in [5.41, 5.74) is 1.24. The molecule has 0 unspecified atom stereocenters. The molecule has 0 saturated carbocycles. The van der Waals surface area contributed by atoms with Crippen LogP contribution in [0.4, 0.5) is 5.82 Å². The zero-order valence-corrected chi connectivity index (χ0v) is 6.16. The van der Waals surface area contributed by atoms with Crippen LogP contribution in [-0.4, -0.2) is 10.9 Å². The molecule has 1 aromatic rings. The molecule has 4 nitrogen and oxygen atoms in total. The summed E-state index contributed by atoms with van der Waals surface area (Å²) < 4.78 is 0. The van der Waals surface area contributed by atoms with Gasteiger partial charge in [-0.2, -0.15) is 5.26 Å². The van der Waals surface area contributed by atoms with Crippen molar-refractivity contribution in [3.05, 3.63) is 23.4 Å². The third-order valence-electron chi connectivity index (χ3n) is 1.77. The summed E-state index contributed by atoms with van der Waals surface area (Å²) in [4.78, 5) is 14.8. The highest BCUT2D eigenvalue weighted by Crippen LogP contribution is 2.22. The molecule has 4 heteroatoms. The Morgan fingerprint density at radius 3 is 3.25 bits per heavy atom. The maximum atomic E-state index is 10.9. The number of aromatic nitrogens is 1. The van der Waals surface area contributed by atoms with Crippen LogP contribution in [0, 0.1) is 11.3 Å². The van der Waals surface area contributed by atoms with Gasteiger partial charge in [-0.3, -0.25) is 4.79 Å². The molecule has 1 amide bonds. The Kier molecular flexibility index (Phi) is 1.31. The van der Waals surface area contributed by atoms with Gasteiger partial charge in [0.2, 0.25) is 5.91 Å². The lowest BCUT2D eigenvalue weighted by atomic mass is 10.1. The maximum absolute atomic E-state index is 10.9. The quantitative estimate of drug-likeness (QED) is 0.597. The molecule has 12 heavy (non-hydrogen) atoms. The van der Waals surface area contributed by atoms with E-state index < -0.39 is 0 Å². The number of fused-ring (bicyclic) bond motifs is 1.